The Morgan fingerprint density at radius 3 is 3.00 bits per heavy atom. The predicted molar refractivity (Wildman–Crippen MR) is 46.7 cm³/mol. The van der Waals surface area contributed by atoms with Gasteiger partial charge in [-0.05, 0) is 28.9 Å². The lowest BCUT2D eigenvalue weighted by Crippen LogP contribution is -2.09. The molecule has 1 aromatic heterocycles. The molecule has 0 aliphatic heterocycles. The molecule has 1 rings (SSSR count). The van der Waals surface area contributed by atoms with E-state index in [0.29, 0.717) is 19.4 Å². The van der Waals surface area contributed by atoms with E-state index in [4.69, 9.17) is 5.73 Å². The van der Waals surface area contributed by atoms with Crippen molar-refractivity contribution in [2.24, 2.45) is 5.73 Å². The van der Waals surface area contributed by atoms with Gasteiger partial charge in [0.05, 0.1) is 0 Å². The Labute approximate surface area is 70.0 Å². The maximum Gasteiger partial charge on any atom is 0.138 e. The molecule has 0 aliphatic rings. The van der Waals surface area contributed by atoms with Gasteiger partial charge in [0.25, 0.3) is 0 Å². The van der Waals surface area contributed by atoms with E-state index in [2.05, 4.69) is 0 Å². The smallest absolute Gasteiger partial charge is 0.138 e. The summed E-state index contributed by atoms with van der Waals surface area (Å²) in [4.78, 5) is 11.0. The number of nitrogens with two attached hydrogens (primary N) is 1. The van der Waals surface area contributed by atoms with E-state index in [1.54, 1.807) is 11.3 Å². The second-order valence-corrected chi connectivity index (χ2v) is 3.17. The van der Waals surface area contributed by atoms with Crippen molar-refractivity contribution >= 4 is 17.1 Å². The standard InChI is InChI=1S/C8H11NOS/c9-3-1-8(10)5-7-2-4-11-6-7/h2,4,6H,1,3,5,9H2. The minimum absolute atomic E-state index is 0.228. The third kappa shape index (κ3) is 2.82. The van der Waals surface area contributed by atoms with Crippen LogP contribution in [0.4, 0.5) is 0 Å². The highest BCUT2D eigenvalue weighted by molar-refractivity contribution is 7.07. The van der Waals surface area contributed by atoms with Crippen molar-refractivity contribution in [1.29, 1.82) is 0 Å². The molecule has 0 saturated heterocycles. The van der Waals surface area contributed by atoms with Crippen LogP contribution in [0.15, 0.2) is 16.8 Å². The summed E-state index contributed by atoms with van der Waals surface area (Å²) in [5.41, 5.74) is 6.35. The first kappa shape index (κ1) is 8.43. The van der Waals surface area contributed by atoms with Crippen LogP contribution in [0.5, 0.6) is 0 Å². The summed E-state index contributed by atoms with van der Waals surface area (Å²) >= 11 is 1.62. The Bertz CT molecular complexity index is 218. The zero-order chi connectivity index (χ0) is 8.10. The van der Waals surface area contributed by atoms with Crippen molar-refractivity contribution in [3.05, 3.63) is 22.4 Å². The number of hydrogen-bond donors (Lipinski definition) is 1. The van der Waals surface area contributed by atoms with Gasteiger partial charge in [-0.25, -0.2) is 0 Å². The van der Waals surface area contributed by atoms with E-state index in [1.165, 1.54) is 0 Å². The van der Waals surface area contributed by atoms with Gasteiger partial charge < -0.3 is 5.73 Å². The van der Waals surface area contributed by atoms with Gasteiger partial charge in [-0.1, -0.05) is 0 Å². The van der Waals surface area contributed by atoms with Crippen molar-refractivity contribution < 1.29 is 4.79 Å². The molecule has 0 aliphatic carbocycles. The van der Waals surface area contributed by atoms with Gasteiger partial charge >= 0.3 is 0 Å². The molecule has 2 nitrogen and oxygen atoms in total. The van der Waals surface area contributed by atoms with Crippen LogP contribution in [0.25, 0.3) is 0 Å². The molecule has 0 radical (unpaired) electrons. The zero-order valence-corrected chi connectivity index (χ0v) is 7.06. The van der Waals surface area contributed by atoms with Crippen LogP contribution in [0.3, 0.4) is 0 Å². The molecule has 0 atom stereocenters. The molecular weight excluding hydrogens is 158 g/mol. The Hall–Kier alpha value is -0.670. The molecule has 0 spiro atoms. The monoisotopic (exact) mass is 169 g/mol. The zero-order valence-electron chi connectivity index (χ0n) is 6.25. The van der Waals surface area contributed by atoms with Gasteiger partial charge in [-0.3, -0.25) is 4.79 Å². The van der Waals surface area contributed by atoms with Crippen LogP contribution in [0.2, 0.25) is 0 Å². The second kappa shape index (κ2) is 4.26. The maximum absolute atomic E-state index is 11.0. The second-order valence-electron chi connectivity index (χ2n) is 2.39. The van der Waals surface area contributed by atoms with Gasteiger partial charge in [-0.2, -0.15) is 11.3 Å². The van der Waals surface area contributed by atoms with Gasteiger partial charge in [0, 0.05) is 12.8 Å². The lowest BCUT2D eigenvalue weighted by molar-refractivity contribution is -0.118. The van der Waals surface area contributed by atoms with E-state index in [9.17, 15) is 4.79 Å². The molecule has 0 saturated carbocycles. The summed E-state index contributed by atoms with van der Waals surface area (Å²) in [6.07, 6.45) is 1.04. The SMILES string of the molecule is NCCC(=O)Cc1ccsc1. The summed E-state index contributed by atoms with van der Waals surface area (Å²) in [5.74, 6) is 0.228. The normalized spacial score (nSPS) is 9.91. The molecule has 60 valence electrons. The molecule has 11 heavy (non-hydrogen) atoms. The highest BCUT2D eigenvalue weighted by Gasteiger charge is 2.01. The van der Waals surface area contributed by atoms with Gasteiger partial charge in [0.1, 0.15) is 5.78 Å². The fourth-order valence-corrected chi connectivity index (χ4v) is 1.54. The fraction of sp³-hybridized carbons (Fsp3) is 0.375. The Balaban J connectivity index is 2.37. The summed E-state index contributed by atoms with van der Waals surface area (Å²) in [7, 11) is 0. The summed E-state index contributed by atoms with van der Waals surface area (Å²) in [6.45, 7) is 0.461. The van der Waals surface area contributed by atoms with Crippen LogP contribution in [0, 0.1) is 0 Å². The van der Waals surface area contributed by atoms with Gasteiger partial charge in [-0.15, -0.1) is 0 Å². The Morgan fingerprint density at radius 2 is 2.45 bits per heavy atom. The quantitative estimate of drug-likeness (QED) is 0.736. The summed E-state index contributed by atoms with van der Waals surface area (Å²) in [5, 5.41) is 3.97. The van der Waals surface area contributed by atoms with Crippen molar-refractivity contribution in [2.45, 2.75) is 12.8 Å². The average molecular weight is 169 g/mol. The van der Waals surface area contributed by atoms with E-state index >= 15 is 0 Å². The third-order valence-corrected chi connectivity index (χ3v) is 2.14. The van der Waals surface area contributed by atoms with Crippen LogP contribution in [-0.2, 0) is 11.2 Å². The lowest BCUT2D eigenvalue weighted by Gasteiger charge is -1.94. The molecule has 2 N–H and O–H groups in total. The topological polar surface area (TPSA) is 43.1 Å². The number of Topliss-reactive ketones (excluding diaryl/α,β-unsaturated/α-hetero) is 1. The molecule has 0 amide bonds. The fourth-order valence-electron chi connectivity index (χ4n) is 0.870. The molecule has 0 fully saturated rings. The van der Waals surface area contributed by atoms with E-state index in [1.807, 2.05) is 16.8 Å². The number of rotatable bonds is 4. The van der Waals surface area contributed by atoms with E-state index in [-0.39, 0.29) is 5.78 Å². The van der Waals surface area contributed by atoms with Crippen molar-refractivity contribution in [1.82, 2.24) is 0 Å². The number of hydrogen-bond acceptors (Lipinski definition) is 3. The first-order valence-corrected chi connectivity index (χ1v) is 4.50. The van der Waals surface area contributed by atoms with Crippen LogP contribution in [-0.4, -0.2) is 12.3 Å². The lowest BCUT2D eigenvalue weighted by atomic mass is 10.1. The van der Waals surface area contributed by atoms with Crippen LogP contribution < -0.4 is 5.73 Å². The van der Waals surface area contributed by atoms with E-state index in [0.717, 1.165) is 5.56 Å². The molecular formula is C8H11NOS. The molecule has 1 aromatic rings. The number of ketones is 1. The highest BCUT2D eigenvalue weighted by atomic mass is 32.1. The van der Waals surface area contributed by atoms with Crippen molar-refractivity contribution in [2.75, 3.05) is 6.54 Å². The van der Waals surface area contributed by atoms with Crippen molar-refractivity contribution in [3.63, 3.8) is 0 Å². The molecule has 3 heteroatoms. The summed E-state index contributed by atoms with van der Waals surface area (Å²) in [6, 6.07) is 1.97. The minimum Gasteiger partial charge on any atom is -0.330 e. The minimum atomic E-state index is 0.228. The predicted octanol–water partition coefficient (Wildman–Crippen LogP) is 1.21. The molecule has 0 bridgehead atoms. The third-order valence-electron chi connectivity index (χ3n) is 1.40. The first-order valence-electron chi connectivity index (χ1n) is 3.56. The molecule has 1 heterocycles. The van der Waals surface area contributed by atoms with Gasteiger partial charge in [0.2, 0.25) is 0 Å². The Morgan fingerprint density at radius 1 is 1.64 bits per heavy atom. The summed E-state index contributed by atoms with van der Waals surface area (Å²) < 4.78 is 0. The van der Waals surface area contributed by atoms with E-state index < -0.39 is 0 Å². The number of thiophene rings is 1. The van der Waals surface area contributed by atoms with Crippen molar-refractivity contribution in [3.8, 4) is 0 Å². The van der Waals surface area contributed by atoms with Crippen LogP contribution in [0.1, 0.15) is 12.0 Å². The first-order chi connectivity index (χ1) is 5.33. The average Bonchev–Trinajstić information content (AvgIpc) is 2.40. The maximum atomic E-state index is 11.0. The highest BCUT2D eigenvalue weighted by Crippen LogP contribution is 2.07. The van der Waals surface area contributed by atoms with Crippen LogP contribution >= 0.6 is 11.3 Å². The molecule has 0 aromatic carbocycles. The van der Waals surface area contributed by atoms with Gasteiger partial charge in [0.15, 0.2) is 0 Å². The largest absolute Gasteiger partial charge is 0.330 e. The number of carbonyl (C=O) groups is 1. The molecule has 0 unspecified atom stereocenters. The Kier molecular flexibility index (Phi) is 3.26. The number of carbonyl (C=O) groups excluding carboxylic acids is 1.